The molecule has 2 rings (SSSR count). The number of carbonyl (C=O) groups excluding carboxylic acids is 1. The minimum Gasteiger partial charge on any atom is -0.332 e. The van der Waals surface area contributed by atoms with Crippen LogP contribution in [0.1, 0.15) is 20.8 Å². The summed E-state index contributed by atoms with van der Waals surface area (Å²) in [5.41, 5.74) is 1.36. The van der Waals surface area contributed by atoms with Gasteiger partial charge >= 0.3 is 0 Å². The number of halogens is 1. The van der Waals surface area contributed by atoms with Crippen molar-refractivity contribution in [2.75, 3.05) is 27.2 Å². The number of rotatable bonds is 6. The van der Waals surface area contributed by atoms with Gasteiger partial charge in [0.15, 0.2) is 0 Å². The van der Waals surface area contributed by atoms with Crippen molar-refractivity contribution in [2.45, 2.75) is 6.54 Å². The molecule has 0 aliphatic rings. The van der Waals surface area contributed by atoms with Crippen LogP contribution in [-0.4, -0.2) is 42.9 Å². The van der Waals surface area contributed by atoms with Gasteiger partial charge in [0.25, 0.3) is 5.91 Å². The SMILES string of the molecule is CN(C)CCN(Cc1ccc(F)cc1)C(=O)c1cc(C#N)cs1. The predicted molar refractivity (Wildman–Crippen MR) is 88.7 cm³/mol. The van der Waals surface area contributed by atoms with Gasteiger partial charge in [-0.25, -0.2) is 4.39 Å². The van der Waals surface area contributed by atoms with Crippen LogP contribution < -0.4 is 0 Å². The van der Waals surface area contributed by atoms with E-state index in [0.29, 0.717) is 23.5 Å². The summed E-state index contributed by atoms with van der Waals surface area (Å²) in [4.78, 5) is 17.0. The van der Waals surface area contributed by atoms with Crippen LogP contribution in [0.4, 0.5) is 4.39 Å². The molecular formula is C17H18FN3OS. The maximum atomic E-state index is 13.0. The van der Waals surface area contributed by atoms with Gasteiger partial charge in [-0.05, 0) is 37.9 Å². The highest BCUT2D eigenvalue weighted by molar-refractivity contribution is 7.12. The molecule has 0 N–H and O–H groups in total. The summed E-state index contributed by atoms with van der Waals surface area (Å²) >= 11 is 1.27. The summed E-state index contributed by atoms with van der Waals surface area (Å²) in [6, 6.07) is 9.79. The van der Waals surface area contributed by atoms with Gasteiger partial charge in [0.2, 0.25) is 0 Å². The maximum absolute atomic E-state index is 13.0. The fourth-order valence-electron chi connectivity index (χ4n) is 2.05. The van der Waals surface area contributed by atoms with E-state index in [4.69, 9.17) is 5.26 Å². The number of hydrogen-bond acceptors (Lipinski definition) is 4. The molecule has 0 fully saturated rings. The van der Waals surface area contributed by atoms with E-state index in [1.807, 2.05) is 25.1 Å². The largest absolute Gasteiger partial charge is 0.332 e. The number of likely N-dealkylation sites (N-methyl/N-ethyl adjacent to an activating group) is 1. The molecule has 6 heteroatoms. The molecule has 120 valence electrons. The number of nitrogens with zero attached hydrogens (tertiary/aromatic N) is 3. The molecule has 0 aliphatic carbocycles. The van der Waals surface area contributed by atoms with Gasteiger partial charge in [-0.3, -0.25) is 4.79 Å². The Kier molecular flexibility index (Phi) is 5.85. The zero-order valence-corrected chi connectivity index (χ0v) is 13.9. The first-order valence-corrected chi connectivity index (χ1v) is 8.04. The molecule has 4 nitrogen and oxygen atoms in total. The van der Waals surface area contributed by atoms with E-state index in [0.717, 1.165) is 12.1 Å². The third-order valence-electron chi connectivity index (χ3n) is 3.33. The van der Waals surface area contributed by atoms with Crippen molar-refractivity contribution in [3.8, 4) is 6.07 Å². The van der Waals surface area contributed by atoms with Crippen molar-refractivity contribution in [1.82, 2.24) is 9.80 Å². The average Bonchev–Trinajstić information content (AvgIpc) is 3.01. The Hall–Kier alpha value is -2.23. The minimum atomic E-state index is -0.295. The third kappa shape index (κ3) is 4.88. The van der Waals surface area contributed by atoms with Crippen LogP contribution in [-0.2, 0) is 6.54 Å². The molecule has 0 spiro atoms. The summed E-state index contributed by atoms with van der Waals surface area (Å²) in [5, 5.41) is 10.6. The summed E-state index contributed by atoms with van der Waals surface area (Å²) in [7, 11) is 3.89. The van der Waals surface area contributed by atoms with Gasteiger partial charge in [0.1, 0.15) is 11.9 Å². The Labute approximate surface area is 139 Å². The molecule has 23 heavy (non-hydrogen) atoms. The lowest BCUT2D eigenvalue weighted by atomic mass is 10.2. The molecule has 0 atom stereocenters. The Bertz CT molecular complexity index is 703. The van der Waals surface area contributed by atoms with Crippen LogP contribution in [0.3, 0.4) is 0 Å². The number of thiophene rings is 1. The van der Waals surface area contributed by atoms with E-state index < -0.39 is 0 Å². The lowest BCUT2D eigenvalue weighted by molar-refractivity contribution is 0.0737. The van der Waals surface area contributed by atoms with Gasteiger partial charge in [0, 0.05) is 25.0 Å². The summed E-state index contributed by atoms with van der Waals surface area (Å²) < 4.78 is 13.0. The van der Waals surface area contributed by atoms with Crippen LogP contribution in [0.25, 0.3) is 0 Å². The first kappa shape index (κ1) is 17.1. The average molecular weight is 331 g/mol. The molecule has 0 unspecified atom stereocenters. The Morgan fingerprint density at radius 3 is 2.52 bits per heavy atom. The summed E-state index contributed by atoms with van der Waals surface area (Å²) in [6.07, 6.45) is 0. The summed E-state index contributed by atoms with van der Waals surface area (Å²) in [5.74, 6) is -0.403. The molecule has 0 saturated carbocycles. The van der Waals surface area contributed by atoms with E-state index in [1.54, 1.807) is 28.5 Å². The maximum Gasteiger partial charge on any atom is 0.264 e. The van der Waals surface area contributed by atoms with Crippen LogP contribution in [0, 0.1) is 17.1 Å². The quantitative estimate of drug-likeness (QED) is 0.817. The van der Waals surface area contributed by atoms with Gasteiger partial charge in [0.05, 0.1) is 10.4 Å². The smallest absolute Gasteiger partial charge is 0.264 e. The van der Waals surface area contributed by atoms with Crippen molar-refractivity contribution in [3.63, 3.8) is 0 Å². The monoisotopic (exact) mass is 331 g/mol. The molecule has 1 amide bonds. The van der Waals surface area contributed by atoms with Gasteiger partial charge < -0.3 is 9.80 Å². The standard InChI is InChI=1S/C17H18FN3OS/c1-20(2)7-8-21(11-13-3-5-15(18)6-4-13)17(22)16-9-14(10-19)12-23-16/h3-6,9,12H,7-8,11H2,1-2H3. The fraction of sp³-hybridized carbons (Fsp3) is 0.294. The lowest BCUT2D eigenvalue weighted by Gasteiger charge is -2.24. The zero-order chi connectivity index (χ0) is 16.8. The van der Waals surface area contributed by atoms with Crippen molar-refractivity contribution in [2.24, 2.45) is 0 Å². The number of carbonyl (C=O) groups is 1. The fourth-order valence-corrected chi connectivity index (χ4v) is 2.85. The molecule has 1 aromatic heterocycles. The van der Waals surface area contributed by atoms with Crippen LogP contribution in [0.5, 0.6) is 0 Å². The highest BCUT2D eigenvalue weighted by Gasteiger charge is 2.18. The normalized spacial score (nSPS) is 10.6. The molecular weight excluding hydrogens is 313 g/mol. The van der Waals surface area contributed by atoms with Crippen LogP contribution in [0.2, 0.25) is 0 Å². The number of benzene rings is 1. The third-order valence-corrected chi connectivity index (χ3v) is 4.25. The zero-order valence-electron chi connectivity index (χ0n) is 13.1. The first-order chi connectivity index (χ1) is 11.0. The van der Waals surface area contributed by atoms with Crippen molar-refractivity contribution in [1.29, 1.82) is 5.26 Å². The number of amides is 1. The Balaban J connectivity index is 2.17. The van der Waals surface area contributed by atoms with Crippen LogP contribution in [0.15, 0.2) is 35.7 Å². The Morgan fingerprint density at radius 1 is 1.26 bits per heavy atom. The topological polar surface area (TPSA) is 47.3 Å². The van der Waals surface area contributed by atoms with Crippen LogP contribution >= 0.6 is 11.3 Å². The number of hydrogen-bond donors (Lipinski definition) is 0. The highest BCUT2D eigenvalue weighted by atomic mass is 32.1. The van der Waals surface area contributed by atoms with Gasteiger partial charge in [-0.15, -0.1) is 11.3 Å². The van der Waals surface area contributed by atoms with Gasteiger partial charge in [-0.1, -0.05) is 12.1 Å². The van der Waals surface area contributed by atoms with Crippen molar-refractivity contribution in [3.05, 3.63) is 57.5 Å². The Morgan fingerprint density at radius 2 is 1.96 bits per heavy atom. The second kappa shape index (κ2) is 7.86. The van der Waals surface area contributed by atoms with E-state index in [2.05, 4.69) is 0 Å². The minimum absolute atomic E-state index is 0.109. The molecule has 1 heterocycles. The molecule has 0 saturated heterocycles. The molecule has 0 aliphatic heterocycles. The van der Waals surface area contributed by atoms with Crippen molar-refractivity contribution >= 4 is 17.2 Å². The van der Waals surface area contributed by atoms with E-state index >= 15 is 0 Å². The predicted octanol–water partition coefficient (Wildman–Crippen LogP) is 2.96. The highest BCUT2D eigenvalue weighted by Crippen LogP contribution is 2.18. The number of nitriles is 1. The molecule has 0 radical (unpaired) electrons. The second-order valence-electron chi connectivity index (χ2n) is 5.47. The van der Waals surface area contributed by atoms with Gasteiger partial charge in [-0.2, -0.15) is 5.26 Å². The summed E-state index contributed by atoms with van der Waals surface area (Å²) in [6.45, 7) is 1.69. The first-order valence-electron chi connectivity index (χ1n) is 7.16. The molecule has 0 bridgehead atoms. The molecule has 1 aromatic carbocycles. The van der Waals surface area contributed by atoms with E-state index in [1.165, 1.54) is 23.5 Å². The van der Waals surface area contributed by atoms with E-state index in [-0.39, 0.29) is 11.7 Å². The van der Waals surface area contributed by atoms with Crippen molar-refractivity contribution < 1.29 is 9.18 Å². The lowest BCUT2D eigenvalue weighted by Crippen LogP contribution is -2.35. The van der Waals surface area contributed by atoms with E-state index in [9.17, 15) is 9.18 Å². The second-order valence-corrected chi connectivity index (χ2v) is 6.38. The molecule has 2 aromatic rings.